The summed E-state index contributed by atoms with van der Waals surface area (Å²) < 4.78 is 5.21. The number of benzene rings is 1. The van der Waals surface area contributed by atoms with Gasteiger partial charge in [-0.15, -0.1) is 0 Å². The van der Waals surface area contributed by atoms with Crippen molar-refractivity contribution >= 4 is 12.0 Å². The van der Waals surface area contributed by atoms with Crippen LogP contribution in [0.3, 0.4) is 0 Å². The molecule has 6 nitrogen and oxygen atoms in total. The second-order valence-electron chi connectivity index (χ2n) is 6.62. The largest absolute Gasteiger partial charge is 0.444 e. The van der Waals surface area contributed by atoms with Gasteiger partial charge in [0.25, 0.3) is 5.91 Å². The number of carbonyl (C=O) groups excluding carboxylic acids is 2. The van der Waals surface area contributed by atoms with E-state index in [1.807, 2.05) is 30.3 Å². The lowest BCUT2D eigenvalue weighted by atomic mass is 10.0. The van der Waals surface area contributed by atoms with E-state index in [0.29, 0.717) is 6.42 Å². The van der Waals surface area contributed by atoms with Crippen LogP contribution in [0.4, 0.5) is 4.79 Å². The van der Waals surface area contributed by atoms with E-state index in [4.69, 9.17) is 4.74 Å². The highest BCUT2D eigenvalue weighted by Gasteiger charge is 2.30. The average Bonchev–Trinajstić information content (AvgIpc) is 2.44. The highest BCUT2D eigenvalue weighted by atomic mass is 16.6. The van der Waals surface area contributed by atoms with Crippen molar-refractivity contribution < 1.29 is 19.4 Å². The van der Waals surface area contributed by atoms with Crippen LogP contribution in [0.15, 0.2) is 30.3 Å². The zero-order valence-corrected chi connectivity index (χ0v) is 14.4. The minimum atomic E-state index is -1.35. The van der Waals surface area contributed by atoms with Crippen LogP contribution >= 0.6 is 0 Å². The summed E-state index contributed by atoms with van der Waals surface area (Å²) in [6.07, 6.45) is -1.69. The zero-order chi connectivity index (χ0) is 17.6. The summed E-state index contributed by atoms with van der Waals surface area (Å²) in [6.45, 7) is 5.25. The number of likely N-dealkylation sites (N-methyl/N-ethyl adjacent to an activating group) is 1. The van der Waals surface area contributed by atoms with Gasteiger partial charge in [0.2, 0.25) is 0 Å². The number of alkyl carbamates (subject to hydrolysis) is 1. The topological polar surface area (TPSA) is 78.9 Å². The fourth-order valence-corrected chi connectivity index (χ4v) is 2.01. The number of aliphatic hydroxyl groups excluding tert-OH is 1. The predicted molar refractivity (Wildman–Crippen MR) is 88.0 cm³/mol. The molecule has 0 spiro atoms. The van der Waals surface area contributed by atoms with E-state index in [1.165, 1.54) is 4.90 Å². The Morgan fingerprint density at radius 2 is 1.78 bits per heavy atom. The SMILES string of the molecule is CN(C)C(=O)C(O)C(Cc1ccccc1)NC(=O)OC(C)(C)C. The first-order chi connectivity index (χ1) is 10.6. The zero-order valence-electron chi connectivity index (χ0n) is 14.4. The minimum Gasteiger partial charge on any atom is -0.444 e. The molecule has 0 saturated heterocycles. The molecule has 0 aliphatic carbocycles. The summed E-state index contributed by atoms with van der Waals surface area (Å²) in [6, 6.07) is 8.57. The Balaban J connectivity index is 2.88. The van der Waals surface area contributed by atoms with Crippen LogP contribution < -0.4 is 5.32 Å². The molecule has 1 rings (SSSR count). The molecular weight excluding hydrogens is 296 g/mol. The van der Waals surface area contributed by atoms with Crippen molar-refractivity contribution in [2.75, 3.05) is 14.1 Å². The van der Waals surface area contributed by atoms with Crippen molar-refractivity contribution in [1.82, 2.24) is 10.2 Å². The minimum absolute atomic E-state index is 0.320. The Labute approximate surface area is 137 Å². The molecule has 0 radical (unpaired) electrons. The van der Waals surface area contributed by atoms with Gasteiger partial charge in [-0.25, -0.2) is 4.79 Å². The third-order valence-electron chi connectivity index (χ3n) is 3.08. The van der Waals surface area contributed by atoms with Gasteiger partial charge in [0, 0.05) is 14.1 Å². The van der Waals surface area contributed by atoms with Crippen LogP contribution in [0.5, 0.6) is 0 Å². The molecule has 128 valence electrons. The Hall–Kier alpha value is -2.08. The molecule has 2 N–H and O–H groups in total. The monoisotopic (exact) mass is 322 g/mol. The highest BCUT2D eigenvalue weighted by molar-refractivity contribution is 5.82. The lowest BCUT2D eigenvalue weighted by Crippen LogP contribution is -2.52. The molecule has 0 bridgehead atoms. The summed E-state index contributed by atoms with van der Waals surface area (Å²) in [5.41, 5.74) is 0.247. The number of aliphatic hydroxyl groups is 1. The number of hydrogen-bond donors (Lipinski definition) is 2. The van der Waals surface area contributed by atoms with Gasteiger partial charge >= 0.3 is 6.09 Å². The Morgan fingerprint density at radius 1 is 1.22 bits per heavy atom. The van der Waals surface area contributed by atoms with Crippen molar-refractivity contribution in [2.24, 2.45) is 0 Å². The molecule has 23 heavy (non-hydrogen) atoms. The first-order valence-corrected chi connectivity index (χ1v) is 7.53. The number of nitrogens with zero attached hydrogens (tertiary/aromatic N) is 1. The number of hydrogen-bond acceptors (Lipinski definition) is 4. The molecule has 1 aromatic rings. The Bertz CT molecular complexity index is 523. The summed E-state index contributed by atoms with van der Waals surface area (Å²) in [7, 11) is 3.11. The molecule has 0 heterocycles. The van der Waals surface area contributed by atoms with Crippen LogP contribution in [-0.4, -0.2) is 53.8 Å². The van der Waals surface area contributed by atoms with Crippen molar-refractivity contribution in [1.29, 1.82) is 0 Å². The third-order valence-corrected chi connectivity index (χ3v) is 3.08. The first-order valence-electron chi connectivity index (χ1n) is 7.53. The van der Waals surface area contributed by atoms with Gasteiger partial charge in [-0.3, -0.25) is 4.79 Å². The van der Waals surface area contributed by atoms with Crippen molar-refractivity contribution in [3.05, 3.63) is 35.9 Å². The molecule has 1 aromatic carbocycles. The van der Waals surface area contributed by atoms with Gasteiger partial charge in [-0.1, -0.05) is 30.3 Å². The van der Waals surface area contributed by atoms with Crippen molar-refractivity contribution in [3.63, 3.8) is 0 Å². The summed E-state index contributed by atoms with van der Waals surface area (Å²) >= 11 is 0. The molecular formula is C17H26N2O4. The van der Waals surface area contributed by atoms with Gasteiger partial charge < -0.3 is 20.1 Å². The number of amides is 2. The maximum Gasteiger partial charge on any atom is 0.407 e. The molecule has 0 saturated carbocycles. The van der Waals surface area contributed by atoms with Crippen LogP contribution in [0.1, 0.15) is 26.3 Å². The molecule has 2 atom stereocenters. The molecule has 0 aliphatic heterocycles. The second-order valence-corrected chi connectivity index (χ2v) is 6.62. The fraction of sp³-hybridized carbons (Fsp3) is 0.529. The Kier molecular flexibility index (Phi) is 6.57. The summed E-state index contributed by atoms with van der Waals surface area (Å²) in [5, 5.41) is 12.9. The maximum atomic E-state index is 12.0. The van der Waals surface area contributed by atoms with Gasteiger partial charge in [0.05, 0.1) is 6.04 Å². The van der Waals surface area contributed by atoms with Crippen LogP contribution in [0, 0.1) is 0 Å². The molecule has 0 aromatic heterocycles. The third kappa shape index (κ3) is 6.69. The number of rotatable bonds is 5. The van der Waals surface area contributed by atoms with Gasteiger partial charge in [-0.2, -0.15) is 0 Å². The highest BCUT2D eigenvalue weighted by Crippen LogP contribution is 2.11. The van der Waals surface area contributed by atoms with Crippen LogP contribution in [0.2, 0.25) is 0 Å². The summed E-state index contributed by atoms with van der Waals surface area (Å²) in [4.78, 5) is 25.3. The van der Waals surface area contributed by atoms with Crippen LogP contribution in [0.25, 0.3) is 0 Å². The van der Waals surface area contributed by atoms with E-state index in [9.17, 15) is 14.7 Å². The molecule has 2 amide bonds. The number of ether oxygens (including phenoxy) is 1. The second kappa shape index (κ2) is 7.97. The van der Waals surface area contributed by atoms with E-state index >= 15 is 0 Å². The van der Waals surface area contributed by atoms with Crippen molar-refractivity contribution in [3.8, 4) is 0 Å². The molecule has 0 aliphatic rings. The quantitative estimate of drug-likeness (QED) is 0.862. The Morgan fingerprint density at radius 3 is 2.26 bits per heavy atom. The fourth-order valence-electron chi connectivity index (χ4n) is 2.01. The van der Waals surface area contributed by atoms with E-state index in [-0.39, 0.29) is 0 Å². The number of nitrogens with one attached hydrogen (secondary N) is 1. The smallest absolute Gasteiger partial charge is 0.407 e. The standard InChI is InChI=1S/C17H26N2O4/c1-17(2,3)23-16(22)18-13(14(20)15(21)19(4)5)11-12-9-7-6-8-10-12/h6-10,13-14,20H,11H2,1-5H3,(H,18,22). The molecule has 0 fully saturated rings. The maximum absolute atomic E-state index is 12.0. The number of carbonyl (C=O) groups is 2. The lowest BCUT2D eigenvalue weighted by molar-refractivity contribution is -0.138. The average molecular weight is 322 g/mol. The van der Waals surface area contributed by atoms with Crippen molar-refractivity contribution in [2.45, 2.75) is 44.9 Å². The van der Waals surface area contributed by atoms with Gasteiger partial charge in [0.1, 0.15) is 5.60 Å². The van der Waals surface area contributed by atoms with E-state index in [1.54, 1.807) is 34.9 Å². The molecule has 2 unspecified atom stereocenters. The van der Waals surface area contributed by atoms with Crippen LogP contribution in [-0.2, 0) is 16.0 Å². The summed E-state index contributed by atoms with van der Waals surface area (Å²) in [5.74, 6) is -0.470. The van der Waals surface area contributed by atoms with E-state index in [0.717, 1.165) is 5.56 Å². The first kappa shape index (κ1) is 19.0. The van der Waals surface area contributed by atoms with Gasteiger partial charge in [0.15, 0.2) is 6.10 Å². The predicted octanol–water partition coefficient (Wildman–Crippen LogP) is 1.57. The normalized spacial score (nSPS) is 13.8. The van der Waals surface area contributed by atoms with E-state index in [2.05, 4.69) is 5.32 Å². The molecule has 6 heteroatoms. The lowest BCUT2D eigenvalue weighted by Gasteiger charge is -2.27. The van der Waals surface area contributed by atoms with E-state index < -0.39 is 29.7 Å². The van der Waals surface area contributed by atoms with Gasteiger partial charge in [-0.05, 0) is 32.8 Å².